The van der Waals surface area contributed by atoms with Crippen LogP contribution in [0.25, 0.3) is 0 Å². The molecule has 7 heteroatoms. The molecule has 0 atom stereocenters. The lowest BCUT2D eigenvalue weighted by Gasteiger charge is -2.34. The standard InChI is InChI=1S/C26H25NO6/c1-26(25(28)29)31-16-19(17-32-26)18-10-12-20(13-11-18)30-15-14-27-21-6-2-4-8-23(21)33-24-9-5-3-7-22(24)27/h2-13,19H,14-17H2,1H3,(H,28,29)/t19-,26+. The van der Waals surface area contributed by atoms with Gasteiger partial charge in [-0.25, -0.2) is 4.79 Å². The van der Waals surface area contributed by atoms with Gasteiger partial charge in [0.15, 0.2) is 11.5 Å². The van der Waals surface area contributed by atoms with Crippen molar-refractivity contribution >= 4 is 17.3 Å². The lowest BCUT2D eigenvalue weighted by Crippen LogP contribution is -2.47. The van der Waals surface area contributed by atoms with Gasteiger partial charge in [0, 0.05) is 12.8 Å². The number of fused-ring (bicyclic) bond motifs is 2. The average Bonchev–Trinajstić information content (AvgIpc) is 2.84. The Morgan fingerprint density at radius 2 is 1.55 bits per heavy atom. The third-order valence-corrected chi connectivity index (χ3v) is 5.98. The van der Waals surface area contributed by atoms with E-state index in [4.69, 9.17) is 18.9 Å². The Balaban J connectivity index is 1.21. The minimum absolute atomic E-state index is 0.0205. The molecule has 5 rings (SSSR count). The lowest BCUT2D eigenvalue weighted by molar-refractivity contribution is -0.262. The van der Waals surface area contributed by atoms with Crippen LogP contribution >= 0.6 is 0 Å². The largest absolute Gasteiger partial charge is 0.492 e. The van der Waals surface area contributed by atoms with Gasteiger partial charge in [-0.05, 0) is 42.0 Å². The van der Waals surface area contributed by atoms with E-state index in [2.05, 4.69) is 4.90 Å². The minimum atomic E-state index is -1.57. The van der Waals surface area contributed by atoms with Crippen LogP contribution in [-0.4, -0.2) is 43.2 Å². The maximum absolute atomic E-state index is 11.2. The number of anilines is 2. The smallest absolute Gasteiger partial charge is 0.364 e. The van der Waals surface area contributed by atoms with Gasteiger partial charge in [0.25, 0.3) is 5.79 Å². The van der Waals surface area contributed by atoms with Crippen LogP contribution in [0.2, 0.25) is 0 Å². The van der Waals surface area contributed by atoms with Crippen molar-refractivity contribution in [3.8, 4) is 17.2 Å². The highest BCUT2D eigenvalue weighted by Crippen LogP contribution is 2.45. The average molecular weight is 447 g/mol. The van der Waals surface area contributed by atoms with E-state index in [0.717, 1.165) is 34.2 Å². The highest BCUT2D eigenvalue weighted by atomic mass is 16.7. The summed E-state index contributed by atoms with van der Waals surface area (Å²) in [6.07, 6.45) is 0. The van der Waals surface area contributed by atoms with Crippen LogP contribution < -0.4 is 14.4 Å². The normalized spacial score (nSPS) is 21.5. The van der Waals surface area contributed by atoms with Gasteiger partial charge in [-0.1, -0.05) is 36.4 Å². The summed E-state index contributed by atoms with van der Waals surface area (Å²) in [7, 11) is 0. The Morgan fingerprint density at radius 1 is 0.970 bits per heavy atom. The number of ether oxygens (including phenoxy) is 4. The molecule has 33 heavy (non-hydrogen) atoms. The molecule has 1 saturated heterocycles. The third kappa shape index (κ3) is 4.25. The monoisotopic (exact) mass is 447 g/mol. The van der Waals surface area contributed by atoms with Gasteiger partial charge in [-0.2, -0.15) is 0 Å². The molecule has 0 aromatic heterocycles. The second-order valence-corrected chi connectivity index (χ2v) is 8.18. The summed E-state index contributed by atoms with van der Waals surface area (Å²) in [6.45, 7) is 3.16. The van der Waals surface area contributed by atoms with Crippen LogP contribution in [0.15, 0.2) is 72.8 Å². The predicted octanol–water partition coefficient (Wildman–Crippen LogP) is 4.94. The van der Waals surface area contributed by atoms with Crippen LogP contribution in [0.5, 0.6) is 17.2 Å². The molecule has 1 fully saturated rings. The molecule has 0 bridgehead atoms. The number of carboxylic acids is 1. The zero-order valence-electron chi connectivity index (χ0n) is 18.3. The van der Waals surface area contributed by atoms with E-state index in [9.17, 15) is 9.90 Å². The lowest BCUT2D eigenvalue weighted by atomic mass is 9.99. The van der Waals surface area contributed by atoms with Crippen LogP contribution in [0.1, 0.15) is 18.4 Å². The van der Waals surface area contributed by atoms with E-state index < -0.39 is 11.8 Å². The van der Waals surface area contributed by atoms with Crippen molar-refractivity contribution in [1.29, 1.82) is 0 Å². The Kier molecular flexibility index (Phi) is 5.66. The Bertz CT molecular complexity index is 1090. The molecule has 2 heterocycles. The van der Waals surface area contributed by atoms with E-state index >= 15 is 0 Å². The zero-order valence-corrected chi connectivity index (χ0v) is 18.3. The molecule has 0 amide bonds. The number of carbonyl (C=O) groups is 1. The van der Waals surface area contributed by atoms with E-state index in [1.54, 1.807) is 0 Å². The van der Waals surface area contributed by atoms with Crippen LogP contribution in [0.4, 0.5) is 11.4 Å². The Morgan fingerprint density at radius 3 is 2.12 bits per heavy atom. The molecule has 7 nitrogen and oxygen atoms in total. The third-order valence-electron chi connectivity index (χ3n) is 5.98. The van der Waals surface area contributed by atoms with Crippen molar-refractivity contribution in [3.63, 3.8) is 0 Å². The van der Waals surface area contributed by atoms with Gasteiger partial charge >= 0.3 is 5.97 Å². The molecule has 0 unspecified atom stereocenters. The van der Waals surface area contributed by atoms with Gasteiger partial charge in [-0.15, -0.1) is 0 Å². The van der Waals surface area contributed by atoms with Crippen molar-refractivity contribution in [3.05, 3.63) is 78.4 Å². The first-order valence-corrected chi connectivity index (χ1v) is 10.9. The molecule has 0 aliphatic carbocycles. The Labute approximate surface area is 192 Å². The second kappa shape index (κ2) is 8.77. The maximum Gasteiger partial charge on any atom is 0.364 e. The number of hydrogen-bond donors (Lipinski definition) is 1. The summed E-state index contributed by atoms with van der Waals surface area (Å²) in [4.78, 5) is 13.4. The van der Waals surface area contributed by atoms with E-state index in [0.29, 0.717) is 26.4 Å². The van der Waals surface area contributed by atoms with Gasteiger partial charge in [0.2, 0.25) is 0 Å². The minimum Gasteiger partial charge on any atom is -0.492 e. The summed E-state index contributed by atoms with van der Waals surface area (Å²) >= 11 is 0. The molecular formula is C26H25NO6. The second-order valence-electron chi connectivity index (χ2n) is 8.18. The molecule has 2 aliphatic rings. The number of hydrogen-bond acceptors (Lipinski definition) is 6. The van der Waals surface area contributed by atoms with Crippen LogP contribution in [0, 0.1) is 0 Å². The van der Waals surface area contributed by atoms with Crippen LogP contribution in [0.3, 0.4) is 0 Å². The molecular weight excluding hydrogens is 422 g/mol. The zero-order chi connectivity index (χ0) is 22.8. The molecule has 0 radical (unpaired) electrons. The molecule has 0 saturated carbocycles. The number of carboxylic acid groups (broad SMARTS) is 1. The van der Waals surface area contributed by atoms with Gasteiger partial charge in [-0.3, -0.25) is 0 Å². The SMILES string of the molecule is C[C@]1(C(=O)O)OC[C@@H](c2ccc(OCCN3c4ccccc4Oc4ccccc43)cc2)CO1. The molecule has 3 aromatic rings. The summed E-state index contributed by atoms with van der Waals surface area (Å²) < 4.78 is 22.9. The van der Waals surface area contributed by atoms with Gasteiger partial charge in [0.1, 0.15) is 12.4 Å². The van der Waals surface area contributed by atoms with E-state index in [-0.39, 0.29) is 5.92 Å². The van der Waals surface area contributed by atoms with E-state index in [1.807, 2.05) is 72.8 Å². The van der Waals surface area contributed by atoms with Crippen LogP contribution in [-0.2, 0) is 14.3 Å². The fraction of sp³-hybridized carbons (Fsp3) is 0.269. The summed E-state index contributed by atoms with van der Waals surface area (Å²) in [5, 5.41) is 9.20. The fourth-order valence-electron chi connectivity index (χ4n) is 4.04. The van der Waals surface area contributed by atoms with Crippen molar-refractivity contribution in [2.45, 2.75) is 18.6 Å². The summed E-state index contributed by atoms with van der Waals surface area (Å²) in [5.41, 5.74) is 3.05. The van der Waals surface area contributed by atoms with Gasteiger partial charge < -0.3 is 29.0 Å². The molecule has 2 aliphatic heterocycles. The molecule has 3 aromatic carbocycles. The first kappa shape index (κ1) is 21.3. The quantitative estimate of drug-likeness (QED) is 0.573. The number of benzene rings is 3. The molecule has 170 valence electrons. The van der Waals surface area contributed by atoms with Crippen molar-refractivity contribution in [2.75, 3.05) is 31.3 Å². The Hall–Kier alpha value is -3.55. The molecule has 0 spiro atoms. The highest BCUT2D eigenvalue weighted by Gasteiger charge is 2.40. The van der Waals surface area contributed by atoms with E-state index in [1.165, 1.54) is 6.92 Å². The highest BCUT2D eigenvalue weighted by molar-refractivity contribution is 5.77. The first-order chi connectivity index (χ1) is 16.0. The van der Waals surface area contributed by atoms with Crippen molar-refractivity contribution in [1.82, 2.24) is 0 Å². The fourth-order valence-corrected chi connectivity index (χ4v) is 4.04. The number of para-hydroxylation sites is 4. The predicted molar refractivity (Wildman–Crippen MR) is 123 cm³/mol. The first-order valence-electron chi connectivity index (χ1n) is 10.9. The number of nitrogens with zero attached hydrogens (tertiary/aromatic N) is 1. The number of rotatable bonds is 6. The number of aliphatic carboxylic acids is 1. The summed E-state index contributed by atoms with van der Waals surface area (Å²) in [5.74, 6) is -0.284. The molecule has 1 N–H and O–H groups in total. The van der Waals surface area contributed by atoms with Crippen molar-refractivity contribution < 1.29 is 28.8 Å². The summed E-state index contributed by atoms with van der Waals surface area (Å²) in [6, 6.07) is 23.7. The van der Waals surface area contributed by atoms with Crippen molar-refractivity contribution in [2.24, 2.45) is 0 Å². The van der Waals surface area contributed by atoms with Gasteiger partial charge in [0.05, 0.1) is 31.1 Å². The maximum atomic E-state index is 11.2. The topological polar surface area (TPSA) is 77.5 Å².